The van der Waals surface area contributed by atoms with Crippen molar-refractivity contribution in [2.45, 2.75) is 0 Å². The van der Waals surface area contributed by atoms with Gasteiger partial charge in [0.05, 0.1) is 13.1 Å². The molecule has 1 aliphatic rings. The summed E-state index contributed by atoms with van der Waals surface area (Å²) in [6.07, 6.45) is 0. The molecule has 1 aliphatic heterocycles. The Hall–Kier alpha value is -0.990. The third-order valence-electron chi connectivity index (χ3n) is 1.76. The molecule has 0 N–H and O–H groups in total. The van der Waals surface area contributed by atoms with Crippen molar-refractivity contribution in [3.8, 4) is 0 Å². The van der Waals surface area contributed by atoms with Gasteiger partial charge in [-0.1, -0.05) is 6.58 Å². The van der Waals surface area contributed by atoms with Gasteiger partial charge in [0.15, 0.2) is 0 Å². The quantitative estimate of drug-likeness (QED) is 0.469. The van der Waals surface area contributed by atoms with Crippen molar-refractivity contribution in [2.24, 2.45) is 0 Å². The number of nitrogens with zero attached hydrogens (tertiary/aromatic N) is 2. The summed E-state index contributed by atoms with van der Waals surface area (Å²) in [5.41, 5.74) is 1.00. The van der Waals surface area contributed by atoms with Gasteiger partial charge in [-0.3, -0.25) is 4.79 Å². The highest BCUT2D eigenvalue weighted by atomic mass is 16.2. The maximum absolute atomic E-state index is 11.0. The van der Waals surface area contributed by atoms with E-state index in [0.29, 0.717) is 13.1 Å². The van der Waals surface area contributed by atoms with Gasteiger partial charge in [-0.2, -0.15) is 0 Å². The molecule has 1 saturated heterocycles. The number of hydrogen-bond donors (Lipinski definition) is 0. The van der Waals surface area contributed by atoms with Crippen LogP contribution in [0.2, 0.25) is 0 Å². The fourth-order valence-corrected chi connectivity index (χ4v) is 0.918. The average Bonchev–Trinajstić information content (AvgIpc) is 1.84. The minimum atomic E-state index is 0.162. The molecule has 0 spiro atoms. The van der Waals surface area contributed by atoms with Crippen molar-refractivity contribution in [2.75, 3.05) is 27.2 Å². The molecule has 0 aromatic rings. The Balaban J connectivity index is 2.63. The number of piperazine rings is 1. The minimum absolute atomic E-state index is 0.162. The summed E-state index contributed by atoms with van der Waals surface area (Å²) in [7, 11) is 3.67. The fourth-order valence-electron chi connectivity index (χ4n) is 0.918. The first-order valence-corrected chi connectivity index (χ1v) is 3.24. The second-order valence-corrected chi connectivity index (χ2v) is 2.67. The van der Waals surface area contributed by atoms with E-state index in [0.717, 1.165) is 5.70 Å². The number of carbonyl (C=O) groups is 1. The van der Waals surface area contributed by atoms with Gasteiger partial charge in [0.1, 0.15) is 0 Å². The van der Waals surface area contributed by atoms with E-state index in [1.807, 2.05) is 11.9 Å². The fraction of sp³-hybridized carbons (Fsp3) is 0.571. The Labute approximate surface area is 60.9 Å². The lowest BCUT2D eigenvalue weighted by atomic mass is 10.3. The number of carbonyl (C=O) groups excluding carboxylic acids is 1. The molecule has 0 saturated carbocycles. The molecule has 0 radical (unpaired) electrons. The Bertz CT molecular complexity index is 156. The summed E-state index contributed by atoms with van der Waals surface area (Å²) in [6, 6.07) is 0. The van der Waals surface area contributed by atoms with Gasteiger partial charge in [0, 0.05) is 19.8 Å². The molecular weight excluding hydrogens is 128 g/mol. The third-order valence-corrected chi connectivity index (χ3v) is 1.76. The highest BCUT2D eigenvalue weighted by Crippen LogP contribution is 2.07. The normalized spacial score (nSPS) is 20.2. The largest absolute Gasteiger partial charge is 0.368 e. The van der Waals surface area contributed by atoms with Gasteiger partial charge < -0.3 is 9.80 Å². The Morgan fingerprint density at radius 2 is 1.90 bits per heavy atom. The minimum Gasteiger partial charge on any atom is -0.368 e. The second-order valence-electron chi connectivity index (χ2n) is 2.67. The standard InChI is InChI=1S/C7H12N2O/c1-6-4-9(3)7(10)5-8(6)2/h1,4-5H2,2-3H3. The topological polar surface area (TPSA) is 23.6 Å². The first kappa shape index (κ1) is 7.12. The van der Waals surface area contributed by atoms with E-state index in [9.17, 15) is 4.79 Å². The molecule has 56 valence electrons. The van der Waals surface area contributed by atoms with Crippen molar-refractivity contribution >= 4 is 5.91 Å². The highest BCUT2D eigenvalue weighted by Gasteiger charge is 2.19. The van der Waals surface area contributed by atoms with Gasteiger partial charge in [-0.15, -0.1) is 0 Å². The van der Waals surface area contributed by atoms with Crippen LogP contribution in [-0.4, -0.2) is 42.9 Å². The smallest absolute Gasteiger partial charge is 0.242 e. The van der Waals surface area contributed by atoms with E-state index < -0.39 is 0 Å². The van der Waals surface area contributed by atoms with Gasteiger partial charge in [-0.25, -0.2) is 0 Å². The number of likely N-dealkylation sites (N-methyl/N-ethyl adjacent to an activating group) is 2. The molecule has 0 aromatic heterocycles. The van der Waals surface area contributed by atoms with Crippen molar-refractivity contribution in [1.29, 1.82) is 0 Å². The van der Waals surface area contributed by atoms with Crippen molar-refractivity contribution in [3.63, 3.8) is 0 Å². The van der Waals surface area contributed by atoms with Crippen molar-refractivity contribution in [1.82, 2.24) is 9.80 Å². The summed E-state index contributed by atoms with van der Waals surface area (Å²) in [5, 5.41) is 0. The SMILES string of the molecule is C=C1CN(C)C(=O)CN1C. The molecule has 0 atom stereocenters. The van der Waals surface area contributed by atoms with Crippen LogP contribution < -0.4 is 0 Å². The summed E-state index contributed by atoms with van der Waals surface area (Å²) < 4.78 is 0. The Morgan fingerprint density at radius 3 is 2.40 bits per heavy atom. The molecule has 1 fully saturated rings. The van der Waals surface area contributed by atoms with Crippen LogP contribution in [-0.2, 0) is 4.79 Å². The summed E-state index contributed by atoms with van der Waals surface area (Å²) in [6.45, 7) is 4.94. The lowest BCUT2D eigenvalue weighted by Crippen LogP contribution is -2.44. The van der Waals surface area contributed by atoms with E-state index in [-0.39, 0.29) is 5.91 Å². The summed E-state index contributed by atoms with van der Waals surface area (Å²) in [4.78, 5) is 14.6. The van der Waals surface area contributed by atoms with Crippen LogP contribution in [0.5, 0.6) is 0 Å². The molecule has 1 heterocycles. The Kier molecular flexibility index (Phi) is 1.66. The predicted octanol–water partition coefficient (Wildman–Crippen LogP) is -0.0961. The Morgan fingerprint density at radius 1 is 1.30 bits per heavy atom. The average molecular weight is 140 g/mol. The lowest BCUT2D eigenvalue weighted by molar-refractivity contribution is -0.132. The van der Waals surface area contributed by atoms with Gasteiger partial charge in [-0.05, 0) is 0 Å². The summed E-state index contributed by atoms with van der Waals surface area (Å²) in [5.74, 6) is 0.162. The van der Waals surface area contributed by atoms with Crippen LogP contribution in [0.4, 0.5) is 0 Å². The molecule has 10 heavy (non-hydrogen) atoms. The van der Waals surface area contributed by atoms with E-state index in [2.05, 4.69) is 6.58 Å². The molecule has 1 rings (SSSR count). The molecule has 0 unspecified atom stereocenters. The molecule has 1 amide bonds. The molecule has 0 aromatic carbocycles. The first-order valence-electron chi connectivity index (χ1n) is 3.24. The molecule has 3 nitrogen and oxygen atoms in total. The zero-order valence-electron chi connectivity index (χ0n) is 6.42. The van der Waals surface area contributed by atoms with Crippen LogP contribution in [0.25, 0.3) is 0 Å². The zero-order valence-corrected chi connectivity index (χ0v) is 6.42. The van der Waals surface area contributed by atoms with Crippen LogP contribution in [0, 0.1) is 0 Å². The van der Waals surface area contributed by atoms with Gasteiger partial charge >= 0.3 is 0 Å². The maximum atomic E-state index is 11.0. The zero-order chi connectivity index (χ0) is 7.72. The molecule has 0 bridgehead atoms. The summed E-state index contributed by atoms with van der Waals surface area (Å²) >= 11 is 0. The maximum Gasteiger partial charge on any atom is 0.242 e. The van der Waals surface area contributed by atoms with Gasteiger partial charge in [0.2, 0.25) is 5.91 Å². The monoisotopic (exact) mass is 140 g/mol. The molecular formula is C7H12N2O. The molecule has 3 heteroatoms. The number of hydrogen-bond acceptors (Lipinski definition) is 2. The lowest BCUT2D eigenvalue weighted by Gasteiger charge is -2.32. The van der Waals surface area contributed by atoms with Crippen LogP contribution in [0.1, 0.15) is 0 Å². The number of amides is 1. The van der Waals surface area contributed by atoms with E-state index in [1.54, 1.807) is 11.9 Å². The third kappa shape index (κ3) is 1.12. The van der Waals surface area contributed by atoms with Crippen LogP contribution in [0.15, 0.2) is 12.3 Å². The highest BCUT2D eigenvalue weighted by molar-refractivity contribution is 5.79. The van der Waals surface area contributed by atoms with Crippen molar-refractivity contribution < 1.29 is 4.79 Å². The number of rotatable bonds is 0. The predicted molar refractivity (Wildman–Crippen MR) is 39.4 cm³/mol. The van der Waals surface area contributed by atoms with E-state index >= 15 is 0 Å². The van der Waals surface area contributed by atoms with Crippen LogP contribution in [0.3, 0.4) is 0 Å². The molecule has 0 aliphatic carbocycles. The van der Waals surface area contributed by atoms with Crippen molar-refractivity contribution in [3.05, 3.63) is 12.3 Å². The van der Waals surface area contributed by atoms with E-state index in [1.165, 1.54) is 0 Å². The second kappa shape index (κ2) is 2.33. The van der Waals surface area contributed by atoms with Gasteiger partial charge in [0.25, 0.3) is 0 Å². The van der Waals surface area contributed by atoms with E-state index in [4.69, 9.17) is 0 Å². The van der Waals surface area contributed by atoms with Crippen LogP contribution >= 0.6 is 0 Å². The first-order chi connectivity index (χ1) is 4.61.